The molecule has 25 heavy (non-hydrogen) atoms. The summed E-state index contributed by atoms with van der Waals surface area (Å²) in [5.74, 6) is 1.28. The third-order valence-corrected chi connectivity index (χ3v) is 5.32. The molecule has 6 heteroatoms. The molecule has 1 amide bonds. The van der Waals surface area contributed by atoms with Crippen LogP contribution in [0.2, 0.25) is 0 Å². The zero-order valence-corrected chi connectivity index (χ0v) is 15.4. The van der Waals surface area contributed by atoms with Crippen LogP contribution < -0.4 is 5.32 Å². The van der Waals surface area contributed by atoms with Crippen LogP contribution in [0, 0.1) is 0 Å². The summed E-state index contributed by atoms with van der Waals surface area (Å²) in [5.41, 5.74) is 1.86. The average molecular weight is 376 g/mol. The molecule has 0 aliphatic carbocycles. The van der Waals surface area contributed by atoms with Gasteiger partial charge in [-0.15, -0.1) is 11.8 Å². The molecule has 0 radical (unpaired) electrons. The Bertz CT molecular complexity index is 692. The van der Waals surface area contributed by atoms with Crippen molar-refractivity contribution in [2.45, 2.75) is 23.5 Å². The Hall–Kier alpha value is -1.92. The molecule has 2 aromatic rings. The Morgan fingerprint density at radius 2 is 1.76 bits per heavy atom. The first-order valence-corrected chi connectivity index (χ1v) is 10.1. The predicted octanol–water partition coefficient (Wildman–Crippen LogP) is 4.52. The molecule has 0 saturated carbocycles. The summed E-state index contributed by atoms with van der Waals surface area (Å²) in [4.78, 5) is 23.7. The van der Waals surface area contributed by atoms with Gasteiger partial charge in [0, 0.05) is 34.3 Å². The maximum atomic E-state index is 12.1. The smallest absolute Gasteiger partial charge is 0.304 e. The van der Waals surface area contributed by atoms with Crippen LogP contribution in [-0.4, -0.2) is 28.5 Å². The molecule has 0 fully saturated rings. The van der Waals surface area contributed by atoms with E-state index in [-0.39, 0.29) is 12.3 Å². The number of rotatable bonds is 10. The Labute approximate surface area is 156 Å². The van der Waals surface area contributed by atoms with Crippen molar-refractivity contribution in [2.75, 3.05) is 16.8 Å². The highest BCUT2D eigenvalue weighted by molar-refractivity contribution is 7.99. The van der Waals surface area contributed by atoms with Gasteiger partial charge in [-0.2, -0.15) is 11.8 Å². The Balaban J connectivity index is 1.72. The van der Waals surface area contributed by atoms with E-state index in [1.165, 1.54) is 0 Å². The molecule has 0 aliphatic rings. The summed E-state index contributed by atoms with van der Waals surface area (Å²) in [6.07, 6.45) is 0.622. The third kappa shape index (κ3) is 8.14. The molecule has 4 nitrogen and oxygen atoms in total. The van der Waals surface area contributed by atoms with Gasteiger partial charge < -0.3 is 10.4 Å². The topological polar surface area (TPSA) is 66.4 Å². The standard InChI is InChI=1S/C19H21NO3S2/c21-18(9-12-25-17-7-2-1-3-8-17)20-16-6-4-5-15(13-16)14-24-11-10-19(22)23/h1-8,13H,9-12,14H2,(H,20,21)(H,22,23). The zero-order chi connectivity index (χ0) is 17.9. The number of hydrogen-bond acceptors (Lipinski definition) is 4. The van der Waals surface area contributed by atoms with Gasteiger partial charge in [0.2, 0.25) is 5.91 Å². The molecule has 0 spiro atoms. The Kier molecular flexibility index (Phi) is 8.42. The largest absolute Gasteiger partial charge is 0.481 e. The normalized spacial score (nSPS) is 10.4. The fraction of sp³-hybridized carbons (Fsp3) is 0.263. The fourth-order valence-electron chi connectivity index (χ4n) is 2.09. The lowest BCUT2D eigenvalue weighted by atomic mass is 10.2. The number of carboxylic acids is 1. The first kappa shape index (κ1) is 19.4. The maximum absolute atomic E-state index is 12.1. The minimum absolute atomic E-state index is 0.000823. The van der Waals surface area contributed by atoms with E-state index in [1.807, 2.05) is 54.6 Å². The lowest BCUT2D eigenvalue weighted by molar-refractivity contribution is -0.136. The molecule has 2 N–H and O–H groups in total. The summed E-state index contributed by atoms with van der Waals surface area (Å²) in [6.45, 7) is 0. The van der Waals surface area contributed by atoms with E-state index in [4.69, 9.17) is 5.11 Å². The lowest BCUT2D eigenvalue weighted by Gasteiger charge is -2.07. The molecular weight excluding hydrogens is 354 g/mol. The number of amides is 1. The number of hydrogen-bond donors (Lipinski definition) is 2. The number of carbonyl (C=O) groups is 2. The summed E-state index contributed by atoms with van der Waals surface area (Å²) in [6, 6.07) is 17.7. The van der Waals surface area contributed by atoms with Gasteiger partial charge in [0.1, 0.15) is 0 Å². The molecule has 2 rings (SSSR count). The van der Waals surface area contributed by atoms with E-state index in [0.717, 1.165) is 27.7 Å². The maximum Gasteiger partial charge on any atom is 0.304 e. The van der Waals surface area contributed by atoms with Crippen molar-refractivity contribution < 1.29 is 14.7 Å². The van der Waals surface area contributed by atoms with Gasteiger partial charge in [-0.1, -0.05) is 30.3 Å². The van der Waals surface area contributed by atoms with Gasteiger partial charge in [0.05, 0.1) is 6.42 Å². The van der Waals surface area contributed by atoms with E-state index >= 15 is 0 Å². The molecule has 0 aliphatic heterocycles. The number of thioether (sulfide) groups is 2. The van der Waals surface area contributed by atoms with E-state index in [1.54, 1.807) is 23.5 Å². The third-order valence-electron chi connectivity index (χ3n) is 3.28. The molecular formula is C19H21NO3S2. The van der Waals surface area contributed by atoms with Gasteiger partial charge in [-0.05, 0) is 29.8 Å². The van der Waals surface area contributed by atoms with Crippen LogP contribution in [0.1, 0.15) is 18.4 Å². The molecule has 132 valence electrons. The van der Waals surface area contributed by atoms with Crippen molar-refractivity contribution in [1.82, 2.24) is 0 Å². The minimum atomic E-state index is -0.776. The van der Waals surface area contributed by atoms with Crippen LogP contribution in [0.25, 0.3) is 0 Å². The zero-order valence-electron chi connectivity index (χ0n) is 13.8. The van der Waals surface area contributed by atoms with Crippen molar-refractivity contribution in [3.05, 3.63) is 60.2 Å². The minimum Gasteiger partial charge on any atom is -0.481 e. The highest BCUT2D eigenvalue weighted by atomic mass is 32.2. The second kappa shape index (κ2) is 10.8. The van der Waals surface area contributed by atoms with Gasteiger partial charge in [-0.25, -0.2) is 0 Å². The first-order chi connectivity index (χ1) is 12.1. The fourth-order valence-corrected chi connectivity index (χ4v) is 3.84. The van der Waals surface area contributed by atoms with Gasteiger partial charge in [0.25, 0.3) is 0 Å². The van der Waals surface area contributed by atoms with Crippen molar-refractivity contribution >= 4 is 41.1 Å². The molecule has 0 saturated heterocycles. The number of carboxylic acid groups (broad SMARTS) is 1. The number of aliphatic carboxylic acids is 1. The SMILES string of the molecule is O=C(O)CCSCc1cccc(NC(=O)CCSc2ccccc2)c1. The Morgan fingerprint density at radius 3 is 2.52 bits per heavy atom. The summed E-state index contributed by atoms with van der Waals surface area (Å²) < 4.78 is 0. The average Bonchev–Trinajstić information content (AvgIpc) is 2.60. The monoisotopic (exact) mass is 375 g/mol. The number of benzene rings is 2. The van der Waals surface area contributed by atoms with Crippen LogP contribution >= 0.6 is 23.5 Å². The Morgan fingerprint density at radius 1 is 0.960 bits per heavy atom. The second-order valence-corrected chi connectivity index (χ2v) is 7.63. The van der Waals surface area contributed by atoms with E-state index in [9.17, 15) is 9.59 Å². The molecule has 0 aromatic heterocycles. The summed E-state index contributed by atoms with van der Waals surface area (Å²) >= 11 is 3.24. The van der Waals surface area contributed by atoms with Gasteiger partial charge in [-0.3, -0.25) is 9.59 Å². The summed E-state index contributed by atoms with van der Waals surface area (Å²) in [5, 5.41) is 11.6. The van der Waals surface area contributed by atoms with Gasteiger partial charge in [0.15, 0.2) is 0 Å². The number of nitrogens with one attached hydrogen (secondary N) is 1. The summed E-state index contributed by atoms with van der Waals surface area (Å²) in [7, 11) is 0. The van der Waals surface area contributed by atoms with Gasteiger partial charge >= 0.3 is 5.97 Å². The second-order valence-electron chi connectivity index (χ2n) is 5.36. The number of carbonyl (C=O) groups excluding carboxylic acids is 1. The highest BCUT2D eigenvalue weighted by Crippen LogP contribution is 2.19. The van der Waals surface area contributed by atoms with E-state index < -0.39 is 5.97 Å². The molecule has 0 bridgehead atoms. The lowest BCUT2D eigenvalue weighted by Crippen LogP contribution is -2.12. The highest BCUT2D eigenvalue weighted by Gasteiger charge is 2.04. The van der Waals surface area contributed by atoms with Crippen molar-refractivity contribution in [2.24, 2.45) is 0 Å². The van der Waals surface area contributed by atoms with Crippen LogP contribution in [-0.2, 0) is 15.3 Å². The van der Waals surface area contributed by atoms with E-state index in [2.05, 4.69) is 5.32 Å². The first-order valence-electron chi connectivity index (χ1n) is 7.99. The van der Waals surface area contributed by atoms with Crippen LogP contribution in [0.4, 0.5) is 5.69 Å². The number of anilines is 1. The molecule has 2 aromatic carbocycles. The van der Waals surface area contributed by atoms with Crippen molar-refractivity contribution in [3.63, 3.8) is 0 Å². The van der Waals surface area contributed by atoms with Crippen LogP contribution in [0.5, 0.6) is 0 Å². The van der Waals surface area contributed by atoms with Crippen molar-refractivity contribution in [1.29, 1.82) is 0 Å². The molecule has 0 atom stereocenters. The molecule has 0 unspecified atom stereocenters. The van der Waals surface area contributed by atoms with Crippen molar-refractivity contribution in [3.8, 4) is 0 Å². The quantitative estimate of drug-likeness (QED) is 0.472. The van der Waals surface area contributed by atoms with Crippen LogP contribution in [0.3, 0.4) is 0 Å². The van der Waals surface area contributed by atoms with E-state index in [0.29, 0.717) is 12.2 Å². The van der Waals surface area contributed by atoms with Crippen LogP contribution in [0.15, 0.2) is 59.5 Å². The predicted molar refractivity (Wildman–Crippen MR) is 105 cm³/mol. The molecule has 0 heterocycles.